The molecule has 0 aliphatic rings. The van der Waals surface area contributed by atoms with Crippen LogP contribution >= 0.6 is 32.2 Å². The minimum Gasteiger partial charge on any atom is -0.789 e. The topological polar surface area (TPSA) is 214 Å². The Morgan fingerprint density at radius 1 is 0.944 bits per heavy atom. The Balaban J connectivity index is -0.000000100. The van der Waals surface area contributed by atoms with E-state index < -0.39 is 32.2 Å². The largest absolute Gasteiger partial charge is 1.00 e. The summed E-state index contributed by atoms with van der Waals surface area (Å²) in [5.41, 5.74) is 0. The molecule has 96 valence electrons. The normalized spacial score (nSPS) is 12.1. The standard InChI is InChI=1S/2Na.H4O7P2.O5P2/c;;1-8(2,3)7-9(4,5)6;1-6(2)5-7(3)4/h;;(H2,1,2,3)(H2,4,5,6);/q2*+1;;. The fraction of sp³-hybridized carbons (Fsp3) is 0. The zero-order valence-corrected chi connectivity index (χ0v) is 16.4. The van der Waals surface area contributed by atoms with Gasteiger partial charge in [0.2, 0.25) is 0 Å². The minimum absolute atomic E-state index is 0. The zero-order valence-electron chi connectivity index (χ0n) is 8.84. The van der Waals surface area contributed by atoms with Crippen molar-refractivity contribution in [3.05, 3.63) is 0 Å². The number of hydrogen-bond donors (Lipinski definition) is 4. The van der Waals surface area contributed by atoms with Crippen molar-refractivity contribution in [2.45, 2.75) is 0 Å². The Morgan fingerprint density at radius 3 is 1.22 bits per heavy atom. The second kappa shape index (κ2) is 13.0. The van der Waals surface area contributed by atoms with E-state index in [1.165, 1.54) is 0 Å². The van der Waals surface area contributed by atoms with Gasteiger partial charge in [0, 0.05) is 9.13 Å². The molecule has 0 aromatic heterocycles. The third-order valence-corrected chi connectivity index (χ3v) is 3.11. The van der Waals surface area contributed by atoms with Crippen LogP contribution in [0.15, 0.2) is 0 Å². The molecule has 0 aromatic rings. The first-order valence-electron chi connectivity index (χ1n) is 2.63. The molecule has 4 N–H and O–H groups in total. The van der Waals surface area contributed by atoms with Crippen molar-refractivity contribution in [3.8, 4) is 0 Å². The molecule has 0 saturated heterocycles. The average molecular weight is 366 g/mol. The fourth-order valence-corrected chi connectivity index (χ4v) is 1.71. The second-order valence-electron chi connectivity index (χ2n) is 1.58. The van der Waals surface area contributed by atoms with Gasteiger partial charge in [-0.1, -0.05) is 0 Å². The van der Waals surface area contributed by atoms with Crippen LogP contribution < -0.4 is 68.9 Å². The van der Waals surface area contributed by atoms with Crippen molar-refractivity contribution < 1.29 is 115 Å². The molecule has 0 amide bonds. The molecule has 2 unspecified atom stereocenters. The molecule has 2 atom stereocenters. The molecule has 12 nitrogen and oxygen atoms in total. The van der Waals surface area contributed by atoms with Crippen molar-refractivity contribution in [2.75, 3.05) is 0 Å². The van der Waals surface area contributed by atoms with Crippen molar-refractivity contribution in [2.24, 2.45) is 0 Å². The molecule has 0 rings (SSSR count). The fourth-order valence-electron chi connectivity index (χ4n) is 0.190. The molecule has 0 radical (unpaired) electrons. The van der Waals surface area contributed by atoms with Crippen LogP contribution in [-0.4, -0.2) is 19.6 Å². The van der Waals surface area contributed by atoms with E-state index in [0.29, 0.717) is 0 Å². The molecule has 0 bridgehead atoms. The summed E-state index contributed by atoms with van der Waals surface area (Å²) in [6, 6.07) is 0. The van der Waals surface area contributed by atoms with E-state index in [-0.39, 0.29) is 59.1 Å². The molecular formula is H4Na2O12P4+2. The van der Waals surface area contributed by atoms with Crippen molar-refractivity contribution in [1.82, 2.24) is 0 Å². The minimum atomic E-state index is -5.55. The van der Waals surface area contributed by atoms with Crippen molar-refractivity contribution in [1.29, 1.82) is 0 Å². The zero-order chi connectivity index (χ0) is 13.6. The van der Waals surface area contributed by atoms with Gasteiger partial charge in [-0.2, -0.15) is 0 Å². The predicted octanol–water partition coefficient (Wildman–Crippen LogP) is -7.77. The van der Waals surface area contributed by atoms with Crippen LogP contribution in [0.3, 0.4) is 0 Å². The summed E-state index contributed by atoms with van der Waals surface area (Å²) in [4.78, 5) is 49.5. The summed E-state index contributed by atoms with van der Waals surface area (Å²) in [6.07, 6.45) is 0. The Bertz CT molecular complexity index is 304. The summed E-state index contributed by atoms with van der Waals surface area (Å²) in [5, 5.41) is 0. The third-order valence-electron chi connectivity index (χ3n) is 0.346. The molecule has 0 heterocycles. The smallest absolute Gasteiger partial charge is 0.789 e. The van der Waals surface area contributed by atoms with Gasteiger partial charge in [0.15, 0.2) is 4.31 Å². The summed E-state index contributed by atoms with van der Waals surface area (Å²) >= 11 is 0. The predicted molar refractivity (Wildman–Crippen MR) is 41.5 cm³/mol. The van der Waals surface area contributed by atoms with E-state index in [9.17, 15) is 28.0 Å². The van der Waals surface area contributed by atoms with E-state index in [4.69, 9.17) is 19.6 Å². The molecule has 18 heavy (non-hydrogen) atoms. The Hall–Kier alpha value is 2.34. The maximum Gasteiger partial charge on any atom is 1.00 e. The monoisotopic (exact) mass is 366 g/mol. The van der Waals surface area contributed by atoms with Gasteiger partial charge in [-0.25, -0.2) is 4.57 Å². The summed E-state index contributed by atoms with van der Waals surface area (Å²) in [7, 11) is -16.6. The quantitative estimate of drug-likeness (QED) is 0.270. The van der Waals surface area contributed by atoms with Crippen molar-refractivity contribution >= 4 is 32.2 Å². The van der Waals surface area contributed by atoms with Gasteiger partial charge < -0.3 is 24.1 Å². The van der Waals surface area contributed by atoms with Gasteiger partial charge in [-0.05, 0) is 0 Å². The van der Waals surface area contributed by atoms with Crippen LogP contribution in [0.4, 0.5) is 0 Å². The van der Waals surface area contributed by atoms with Crippen molar-refractivity contribution in [3.63, 3.8) is 0 Å². The van der Waals surface area contributed by atoms with Gasteiger partial charge in [-0.3, -0.25) is 4.31 Å². The maximum atomic E-state index is 9.55. The number of rotatable bonds is 4. The average Bonchev–Trinajstić information content (AvgIpc) is 1.72. The molecule has 0 fully saturated rings. The van der Waals surface area contributed by atoms with Crippen LogP contribution in [0.5, 0.6) is 0 Å². The van der Waals surface area contributed by atoms with E-state index in [1.807, 2.05) is 0 Å². The van der Waals surface area contributed by atoms with E-state index in [2.05, 4.69) is 8.62 Å². The first-order valence-corrected chi connectivity index (χ1v) is 7.88. The van der Waals surface area contributed by atoms with Gasteiger partial charge in [0.25, 0.3) is 0 Å². The molecule has 0 aliphatic heterocycles. The molecule has 0 spiro atoms. The third kappa shape index (κ3) is 36.2. The second-order valence-corrected chi connectivity index (χ2v) is 5.71. The van der Waals surface area contributed by atoms with Gasteiger partial charge in [0.05, 0.1) is 7.82 Å². The Kier molecular flexibility index (Phi) is 20.6. The maximum absolute atomic E-state index is 9.55. The summed E-state index contributed by atoms with van der Waals surface area (Å²) in [6.45, 7) is 0. The molecule has 18 heteroatoms. The van der Waals surface area contributed by atoms with Crippen LogP contribution in [-0.2, 0) is 26.9 Å². The molecule has 0 aromatic carbocycles. The SMILES string of the molecule is O=P([O-])([O-])OP(=O)(O)O.O=[P+](O)O[P+](=O)O.[Na+].[Na+]. The first kappa shape index (κ1) is 28.5. The van der Waals surface area contributed by atoms with E-state index >= 15 is 0 Å². The molecule has 0 saturated carbocycles. The van der Waals surface area contributed by atoms with Crippen LogP contribution in [0, 0.1) is 0 Å². The van der Waals surface area contributed by atoms with Crippen LogP contribution in [0.1, 0.15) is 0 Å². The Morgan fingerprint density at radius 2 is 1.22 bits per heavy atom. The summed E-state index contributed by atoms with van der Waals surface area (Å²) in [5.74, 6) is 0. The first-order chi connectivity index (χ1) is 6.83. The number of hydrogen-bond acceptors (Lipinski definition) is 8. The van der Waals surface area contributed by atoms with E-state index in [1.54, 1.807) is 0 Å². The van der Waals surface area contributed by atoms with Gasteiger partial charge in [0.1, 0.15) is 0 Å². The van der Waals surface area contributed by atoms with Crippen LogP contribution in [0.2, 0.25) is 0 Å². The molecular weight excluding hydrogens is 362 g/mol. The van der Waals surface area contributed by atoms with Gasteiger partial charge in [-0.15, -0.1) is 9.79 Å². The van der Waals surface area contributed by atoms with Gasteiger partial charge >= 0.3 is 83.4 Å². The number of phosphoric acid groups is 2. The van der Waals surface area contributed by atoms with Crippen LogP contribution in [0.25, 0.3) is 0 Å². The summed E-state index contributed by atoms with van der Waals surface area (Å²) < 4.78 is 43.9. The Labute approximate surface area is 146 Å². The molecule has 0 aliphatic carbocycles. The van der Waals surface area contributed by atoms with E-state index in [0.717, 1.165) is 0 Å².